The van der Waals surface area contributed by atoms with Crippen molar-refractivity contribution < 1.29 is 23.1 Å². The van der Waals surface area contributed by atoms with Gasteiger partial charge in [-0.1, -0.05) is 18.2 Å². The van der Waals surface area contributed by atoms with Gasteiger partial charge in [-0.05, 0) is 73.0 Å². The summed E-state index contributed by atoms with van der Waals surface area (Å²) in [6.07, 6.45) is -0.622. The van der Waals surface area contributed by atoms with Gasteiger partial charge in [-0.25, -0.2) is 9.78 Å². The number of carboxylic acid groups (broad SMARTS) is 1. The molecule has 36 heavy (non-hydrogen) atoms. The van der Waals surface area contributed by atoms with E-state index < -0.39 is 17.7 Å². The lowest BCUT2D eigenvalue weighted by Crippen LogP contribution is -2.46. The van der Waals surface area contributed by atoms with E-state index >= 15 is 0 Å². The maximum absolute atomic E-state index is 13.0. The number of rotatable bonds is 9. The molecule has 2 N–H and O–H groups in total. The number of nitrogens with zero attached hydrogens (tertiary/aromatic N) is 3. The van der Waals surface area contributed by atoms with Crippen molar-refractivity contribution in [3.63, 3.8) is 0 Å². The molecule has 1 aliphatic rings. The van der Waals surface area contributed by atoms with Crippen LogP contribution in [0.2, 0.25) is 0 Å². The van der Waals surface area contributed by atoms with Gasteiger partial charge in [0.2, 0.25) is 0 Å². The Morgan fingerprint density at radius 1 is 0.944 bits per heavy atom. The maximum atomic E-state index is 13.0. The quantitative estimate of drug-likeness (QED) is 0.381. The molecule has 4 rings (SSSR count). The number of carboxylic acids is 1. The predicted molar refractivity (Wildman–Crippen MR) is 134 cm³/mol. The van der Waals surface area contributed by atoms with E-state index in [4.69, 9.17) is 5.11 Å². The number of pyridine rings is 1. The van der Waals surface area contributed by atoms with Gasteiger partial charge < -0.3 is 15.3 Å². The number of aromatic carboxylic acids is 1. The van der Waals surface area contributed by atoms with Crippen LogP contribution in [0, 0.1) is 0 Å². The molecule has 1 aromatic heterocycles. The fourth-order valence-corrected chi connectivity index (χ4v) is 4.30. The third-order valence-electron chi connectivity index (χ3n) is 6.34. The zero-order chi connectivity index (χ0) is 25.5. The van der Waals surface area contributed by atoms with Crippen molar-refractivity contribution in [2.75, 3.05) is 49.5 Å². The Morgan fingerprint density at radius 2 is 1.69 bits per heavy atom. The minimum absolute atomic E-state index is 0.253. The molecule has 6 nitrogen and oxygen atoms in total. The summed E-state index contributed by atoms with van der Waals surface area (Å²) in [5.41, 5.74) is 2.16. The van der Waals surface area contributed by atoms with E-state index in [1.54, 1.807) is 36.5 Å². The van der Waals surface area contributed by atoms with E-state index in [9.17, 15) is 18.0 Å². The van der Waals surface area contributed by atoms with Gasteiger partial charge in [-0.3, -0.25) is 4.90 Å². The van der Waals surface area contributed by atoms with E-state index in [1.165, 1.54) is 12.1 Å². The Kier molecular flexibility index (Phi) is 8.10. The summed E-state index contributed by atoms with van der Waals surface area (Å²) in [4.78, 5) is 19.8. The molecule has 3 aromatic rings. The highest BCUT2D eigenvalue weighted by atomic mass is 19.4. The van der Waals surface area contributed by atoms with Crippen LogP contribution in [0.15, 0.2) is 66.9 Å². The van der Waals surface area contributed by atoms with E-state index in [-0.39, 0.29) is 5.56 Å². The molecule has 9 heteroatoms. The third-order valence-corrected chi connectivity index (χ3v) is 6.34. The van der Waals surface area contributed by atoms with Crippen LogP contribution >= 0.6 is 0 Å². The van der Waals surface area contributed by atoms with Crippen LogP contribution in [0.4, 0.5) is 24.7 Å². The molecule has 0 bridgehead atoms. The number of anilines is 2. The lowest BCUT2D eigenvalue weighted by atomic mass is 10.0. The minimum Gasteiger partial charge on any atom is -0.478 e. The SMILES string of the molecule is O=C(O)c1ccc(-c2ccnc(NCCCCN3CCN(c4cccc(C(F)(F)F)c4)CC3)c2)cc1. The molecule has 0 saturated carbocycles. The highest BCUT2D eigenvalue weighted by Gasteiger charge is 2.31. The molecule has 0 amide bonds. The van der Waals surface area contributed by atoms with Crippen LogP contribution in [0.25, 0.3) is 11.1 Å². The molecular weight excluding hydrogens is 469 g/mol. The minimum atomic E-state index is -4.32. The second-order valence-electron chi connectivity index (χ2n) is 8.82. The summed E-state index contributed by atoms with van der Waals surface area (Å²) in [6, 6.07) is 16.1. The molecule has 1 saturated heterocycles. The normalized spacial score (nSPS) is 14.6. The first-order valence-corrected chi connectivity index (χ1v) is 12.0. The van der Waals surface area contributed by atoms with E-state index in [2.05, 4.69) is 15.2 Å². The first kappa shape index (κ1) is 25.5. The van der Waals surface area contributed by atoms with Crippen molar-refractivity contribution >= 4 is 17.5 Å². The van der Waals surface area contributed by atoms with Gasteiger partial charge in [0.25, 0.3) is 0 Å². The Bertz CT molecular complexity index is 1160. The zero-order valence-electron chi connectivity index (χ0n) is 19.8. The standard InChI is InChI=1S/C27H29F3N4O2/c28-27(29,30)23-4-3-5-24(19-23)34-16-14-33(15-17-34)13-2-1-11-31-25-18-22(10-12-32-25)20-6-8-21(9-7-20)26(35)36/h3-10,12,18-19H,1-2,11,13-17H2,(H,31,32)(H,35,36). The molecule has 0 radical (unpaired) electrons. The summed E-state index contributed by atoms with van der Waals surface area (Å²) in [5, 5.41) is 12.4. The van der Waals surface area contributed by atoms with Crippen molar-refractivity contribution in [1.82, 2.24) is 9.88 Å². The average Bonchev–Trinajstić information content (AvgIpc) is 2.89. The van der Waals surface area contributed by atoms with Gasteiger partial charge in [0.15, 0.2) is 0 Å². The Balaban J connectivity index is 1.18. The highest BCUT2D eigenvalue weighted by Crippen LogP contribution is 2.32. The molecule has 0 spiro atoms. The number of aromatic nitrogens is 1. The van der Waals surface area contributed by atoms with Crippen molar-refractivity contribution in [1.29, 1.82) is 0 Å². The van der Waals surface area contributed by atoms with Crippen molar-refractivity contribution in [3.05, 3.63) is 78.0 Å². The largest absolute Gasteiger partial charge is 0.478 e. The second kappa shape index (κ2) is 11.4. The molecule has 0 aliphatic carbocycles. The molecule has 1 aliphatic heterocycles. The molecular formula is C27H29F3N4O2. The van der Waals surface area contributed by atoms with E-state index in [1.807, 2.05) is 17.0 Å². The summed E-state index contributed by atoms with van der Waals surface area (Å²) in [7, 11) is 0. The van der Waals surface area contributed by atoms with Gasteiger partial charge >= 0.3 is 12.1 Å². The summed E-state index contributed by atoms with van der Waals surface area (Å²) in [5.74, 6) is -0.180. The van der Waals surface area contributed by atoms with E-state index in [0.29, 0.717) is 18.8 Å². The zero-order valence-corrected chi connectivity index (χ0v) is 19.8. The summed E-state index contributed by atoms with van der Waals surface area (Å²) < 4.78 is 39.0. The predicted octanol–water partition coefficient (Wildman–Crippen LogP) is 5.48. The van der Waals surface area contributed by atoms with Gasteiger partial charge in [0, 0.05) is 44.6 Å². The first-order chi connectivity index (χ1) is 17.3. The lowest BCUT2D eigenvalue weighted by Gasteiger charge is -2.36. The van der Waals surface area contributed by atoms with Gasteiger partial charge in [-0.2, -0.15) is 13.2 Å². The summed E-state index contributed by atoms with van der Waals surface area (Å²) in [6.45, 7) is 4.80. The fraction of sp³-hybridized carbons (Fsp3) is 0.333. The Labute approximate surface area is 208 Å². The first-order valence-electron chi connectivity index (χ1n) is 12.0. The molecule has 190 valence electrons. The van der Waals surface area contributed by atoms with Gasteiger partial charge in [0.1, 0.15) is 5.82 Å². The average molecular weight is 499 g/mol. The number of halogens is 3. The highest BCUT2D eigenvalue weighted by molar-refractivity contribution is 5.88. The maximum Gasteiger partial charge on any atom is 0.416 e. The van der Waals surface area contributed by atoms with Crippen LogP contribution < -0.4 is 10.2 Å². The van der Waals surface area contributed by atoms with Crippen LogP contribution in [-0.4, -0.2) is 60.2 Å². The monoisotopic (exact) mass is 498 g/mol. The number of carbonyl (C=O) groups is 1. The van der Waals surface area contributed by atoms with Crippen LogP contribution in [-0.2, 0) is 6.18 Å². The number of hydrogen-bond donors (Lipinski definition) is 2. The number of unbranched alkanes of at least 4 members (excludes halogenated alkanes) is 1. The van der Waals surface area contributed by atoms with Gasteiger partial charge in [0.05, 0.1) is 11.1 Å². The molecule has 2 aromatic carbocycles. The number of nitrogens with one attached hydrogen (secondary N) is 1. The number of piperazine rings is 1. The molecule has 1 fully saturated rings. The second-order valence-corrected chi connectivity index (χ2v) is 8.82. The number of benzene rings is 2. The molecule has 0 unspecified atom stereocenters. The number of hydrogen-bond acceptors (Lipinski definition) is 5. The topological polar surface area (TPSA) is 68.7 Å². The Hall–Kier alpha value is -3.59. The lowest BCUT2D eigenvalue weighted by molar-refractivity contribution is -0.137. The fourth-order valence-electron chi connectivity index (χ4n) is 4.30. The smallest absolute Gasteiger partial charge is 0.416 e. The molecule has 2 heterocycles. The van der Waals surface area contributed by atoms with Crippen LogP contribution in [0.3, 0.4) is 0 Å². The third kappa shape index (κ3) is 6.75. The number of alkyl halides is 3. The van der Waals surface area contributed by atoms with Crippen molar-refractivity contribution in [2.45, 2.75) is 19.0 Å². The molecule has 0 atom stereocenters. The van der Waals surface area contributed by atoms with E-state index in [0.717, 1.165) is 62.0 Å². The van der Waals surface area contributed by atoms with Crippen LogP contribution in [0.5, 0.6) is 0 Å². The van der Waals surface area contributed by atoms with Crippen molar-refractivity contribution in [3.8, 4) is 11.1 Å². The van der Waals surface area contributed by atoms with Gasteiger partial charge in [-0.15, -0.1) is 0 Å². The Morgan fingerprint density at radius 3 is 2.39 bits per heavy atom. The summed E-state index contributed by atoms with van der Waals surface area (Å²) >= 11 is 0. The van der Waals surface area contributed by atoms with Crippen molar-refractivity contribution in [2.24, 2.45) is 0 Å². The van der Waals surface area contributed by atoms with Crippen LogP contribution in [0.1, 0.15) is 28.8 Å².